The summed E-state index contributed by atoms with van der Waals surface area (Å²) in [5, 5.41) is 17.5. The van der Waals surface area contributed by atoms with Gasteiger partial charge in [-0.25, -0.2) is 4.98 Å². The summed E-state index contributed by atoms with van der Waals surface area (Å²) in [6, 6.07) is 0. The van der Waals surface area contributed by atoms with Crippen molar-refractivity contribution in [2.24, 2.45) is 10.4 Å². The molecule has 1 rings (SSSR count). The zero-order chi connectivity index (χ0) is 17.3. The van der Waals surface area contributed by atoms with Gasteiger partial charge in [-0.3, -0.25) is 4.99 Å². The molecule has 0 bridgehead atoms. The minimum Gasteiger partial charge on any atom is -0.396 e. The minimum absolute atomic E-state index is 0.105. The maximum atomic E-state index is 9.66. The smallest absolute Gasteiger partial charge is 0.191 e. The molecule has 0 unspecified atom stereocenters. The Labute approximate surface area is 144 Å². The molecule has 1 heterocycles. The number of hydrogen-bond acceptors (Lipinski definition) is 4. The molecule has 0 saturated carbocycles. The molecule has 0 spiro atoms. The van der Waals surface area contributed by atoms with Crippen molar-refractivity contribution in [2.75, 3.05) is 26.2 Å². The molecule has 5 nitrogen and oxygen atoms in total. The molecule has 0 saturated heterocycles. The van der Waals surface area contributed by atoms with Gasteiger partial charge in [0.15, 0.2) is 5.96 Å². The highest BCUT2D eigenvalue weighted by Crippen LogP contribution is 2.25. The van der Waals surface area contributed by atoms with E-state index in [1.54, 1.807) is 11.3 Å². The summed E-state index contributed by atoms with van der Waals surface area (Å²) in [7, 11) is 0. The van der Waals surface area contributed by atoms with E-state index in [0.717, 1.165) is 49.0 Å². The lowest BCUT2D eigenvalue weighted by Crippen LogP contribution is -2.39. The molecular weight excluding hydrogens is 308 g/mol. The van der Waals surface area contributed by atoms with E-state index >= 15 is 0 Å². The molecule has 23 heavy (non-hydrogen) atoms. The van der Waals surface area contributed by atoms with Gasteiger partial charge < -0.3 is 15.7 Å². The zero-order valence-corrected chi connectivity index (χ0v) is 16.0. The van der Waals surface area contributed by atoms with E-state index in [1.807, 2.05) is 0 Å². The number of nitrogens with one attached hydrogen (secondary N) is 2. The number of aliphatic hydroxyl groups excluding tert-OH is 1. The van der Waals surface area contributed by atoms with Gasteiger partial charge in [-0.05, 0) is 33.6 Å². The van der Waals surface area contributed by atoms with Crippen molar-refractivity contribution < 1.29 is 5.11 Å². The van der Waals surface area contributed by atoms with Crippen LogP contribution in [0.3, 0.4) is 0 Å². The number of nitrogens with zero attached hydrogens (tertiary/aromatic N) is 2. The van der Waals surface area contributed by atoms with Crippen molar-refractivity contribution in [2.45, 2.75) is 53.9 Å². The molecule has 3 N–H and O–H groups in total. The van der Waals surface area contributed by atoms with Crippen LogP contribution in [-0.4, -0.2) is 42.3 Å². The van der Waals surface area contributed by atoms with Gasteiger partial charge in [-0.2, -0.15) is 0 Å². The van der Waals surface area contributed by atoms with Crippen molar-refractivity contribution in [1.29, 1.82) is 0 Å². The SMILES string of the molecule is CCNC(=NCC(CC)(CC)CO)NCCc1nc(C)c(C)s1. The third-order valence-corrected chi connectivity index (χ3v) is 5.59. The maximum absolute atomic E-state index is 9.66. The fourth-order valence-electron chi connectivity index (χ4n) is 2.27. The molecule has 0 atom stereocenters. The summed E-state index contributed by atoms with van der Waals surface area (Å²) >= 11 is 1.76. The third-order valence-electron chi connectivity index (χ3n) is 4.46. The lowest BCUT2D eigenvalue weighted by Gasteiger charge is -2.27. The minimum atomic E-state index is -0.105. The molecule has 0 radical (unpaired) electrons. The van der Waals surface area contributed by atoms with Gasteiger partial charge in [-0.1, -0.05) is 13.8 Å². The number of aryl methyl sites for hydroxylation is 2. The first kappa shape index (κ1) is 19.9. The van der Waals surface area contributed by atoms with E-state index < -0.39 is 0 Å². The normalized spacial score (nSPS) is 12.5. The highest BCUT2D eigenvalue weighted by molar-refractivity contribution is 7.11. The molecular formula is C17H32N4OS. The van der Waals surface area contributed by atoms with Gasteiger partial charge in [0.2, 0.25) is 0 Å². The van der Waals surface area contributed by atoms with Crippen molar-refractivity contribution in [1.82, 2.24) is 15.6 Å². The van der Waals surface area contributed by atoms with E-state index in [9.17, 15) is 5.11 Å². The fraction of sp³-hybridized carbons (Fsp3) is 0.765. The molecule has 1 aromatic heterocycles. The second kappa shape index (κ2) is 9.88. The van der Waals surface area contributed by atoms with Gasteiger partial charge in [0.1, 0.15) is 0 Å². The Balaban J connectivity index is 2.58. The number of aromatic nitrogens is 1. The summed E-state index contributed by atoms with van der Waals surface area (Å²) in [6.45, 7) is 12.9. The van der Waals surface area contributed by atoms with E-state index in [1.165, 1.54) is 4.88 Å². The van der Waals surface area contributed by atoms with Crippen LogP contribution in [-0.2, 0) is 6.42 Å². The van der Waals surface area contributed by atoms with Crippen molar-refractivity contribution in [3.05, 3.63) is 15.6 Å². The number of aliphatic hydroxyl groups is 1. The van der Waals surface area contributed by atoms with Gasteiger partial charge in [0.25, 0.3) is 0 Å². The van der Waals surface area contributed by atoms with Gasteiger partial charge >= 0.3 is 0 Å². The maximum Gasteiger partial charge on any atom is 0.191 e. The zero-order valence-electron chi connectivity index (χ0n) is 15.2. The average Bonchev–Trinajstić information content (AvgIpc) is 2.87. The third kappa shape index (κ3) is 6.11. The summed E-state index contributed by atoms with van der Waals surface area (Å²) in [6.07, 6.45) is 2.76. The lowest BCUT2D eigenvalue weighted by molar-refractivity contribution is 0.123. The molecule has 6 heteroatoms. The van der Waals surface area contributed by atoms with Crippen LogP contribution in [0.2, 0.25) is 0 Å². The Morgan fingerprint density at radius 2 is 1.91 bits per heavy atom. The quantitative estimate of drug-likeness (QED) is 0.477. The number of rotatable bonds is 9. The largest absolute Gasteiger partial charge is 0.396 e. The Hall–Kier alpha value is -1.14. The molecule has 0 fully saturated rings. The number of guanidine groups is 1. The Morgan fingerprint density at radius 3 is 2.39 bits per heavy atom. The average molecular weight is 341 g/mol. The van der Waals surface area contributed by atoms with E-state index in [-0.39, 0.29) is 12.0 Å². The van der Waals surface area contributed by atoms with Crippen LogP contribution in [0.4, 0.5) is 0 Å². The molecule has 0 aliphatic carbocycles. The topological polar surface area (TPSA) is 69.5 Å². The van der Waals surface area contributed by atoms with Crippen LogP contribution in [0.15, 0.2) is 4.99 Å². The first-order chi connectivity index (χ1) is 11.0. The lowest BCUT2D eigenvalue weighted by atomic mass is 9.83. The van der Waals surface area contributed by atoms with Crippen molar-refractivity contribution in [3.63, 3.8) is 0 Å². The molecule has 0 aliphatic heterocycles. The Morgan fingerprint density at radius 1 is 1.22 bits per heavy atom. The highest BCUT2D eigenvalue weighted by Gasteiger charge is 2.24. The molecule has 1 aromatic rings. The molecule has 0 amide bonds. The summed E-state index contributed by atoms with van der Waals surface area (Å²) < 4.78 is 0. The van der Waals surface area contributed by atoms with Crippen LogP contribution >= 0.6 is 11.3 Å². The van der Waals surface area contributed by atoms with Gasteiger partial charge in [0.05, 0.1) is 23.9 Å². The van der Waals surface area contributed by atoms with Crippen LogP contribution in [0, 0.1) is 19.3 Å². The van der Waals surface area contributed by atoms with E-state index in [0.29, 0.717) is 6.54 Å². The predicted molar refractivity (Wildman–Crippen MR) is 99.4 cm³/mol. The van der Waals surface area contributed by atoms with Gasteiger partial charge in [-0.15, -0.1) is 11.3 Å². The Kier molecular flexibility index (Phi) is 8.55. The van der Waals surface area contributed by atoms with Crippen LogP contribution in [0.1, 0.15) is 49.2 Å². The fourth-order valence-corrected chi connectivity index (χ4v) is 3.20. The van der Waals surface area contributed by atoms with Crippen LogP contribution in [0.25, 0.3) is 0 Å². The van der Waals surface area contributed by atoms with E-state index in [2.05, 4.69) is 55.2 Å². The highest BCUT2D eigenvalue weighted by atomic mass is 32.1. The summed E-state index contributed by atoms with van der Waals surface area (Å²) in [5.74, 6) is 0.817. The first-order valence-corrected chi connectivity index (χ1v) is 9.37. The molecule has 0 aromatic carbocycles. The predicted octanol–water partition coefficient (Wildman–Crippen LogP) is 2.66. The monoisotopic (exact) mass is 340 g/mol. The summed E-state index contributed by atoms with van der Waals surface area (Å²) in [4.78, 5) is 10.5. The number of aliphatic imine (C=N–C) groups is 1. The Bertz CT molecular complexity index is 467. The standard InChI is InChI=1S/C17H32N4OS/c1-6-17(7-2,12-22)11-20-16(18-8-3)19-10-9-15-21-13(4)14(5)23-15/h22H,6-12H2,1-5H3,(H2,18,19,20). The second-order valence-electron chi connectivity index (χ2n) is 5.99. The van der Waals surface area contributed by atoms with E-state index in [4.69, 9.17) is 0 Å². The van der Waals surface area contributed by atoms with Crippen LogP contribution in [0.5, 0.6) is 0 Å². The summed E-state index contributed by atoms with van der Waals surface area (Å²) in [5.41, 5.74) is 1.02. The van der Waals surface area contributed by atoms with Crippen molar-refractivity contribution in [3.8, 4) is 0 Å². The van der Waals surface area contributed by atoms with Gasteiger partial charge in [0, 0.05) is 29.8 Å². The molecule has 0 aliphatic rings. The number of thiazole rings is 1. The van der Waals surface area contributed by atoms with Crippen molar-refractivity contribution >= 4 is 17.3 Å². The van der Waals surface area contributed by atoms with Crippen LogP contribution < -0.4 is 10.6 Å². The molecule has 132 valence electrons. The first-order valence-electron chi connectivity index (χ1n) is 8.56. The second-order valence-corrected chi connectivity index (χ2v) is 7.27. The number of hydrogen-bond donors (Lipinski definition) is 3.